The molecule has 0 aliphatic rings. The van der Waals surface area contributed by atoms with E-state index in [1.54, 1.807) is 6.92 Å². The van der Waals surface area contributed by atoms with Gasteiger partial charge < -0.3 is 4.74 Å². The monoisotopic (exact) mass is 290 g/mol. The summed E-state index contributed by atoms with van der Waals surface area (Å²) in [6, 6.07) is 9.30. The lowest BCUT2D eigenvalue weighted by Crippen LogP contribution is -2.18. The van der Waals surface area contributed by atoms with Gasteiger partial charge >= 0.3 is 5.97 Å². The first-order valence-corrected chi connectivity index (χ1v) is 6.30. The van der Waals surface area contributed by atoms with Gasteiger partial charge in [0.15, 0.2) is 0 Å². The van der Waals surface area contributed by atoms with Gasteiger partial charge in [0.2, 0.25) is 0 Å². The van der Waals surface area contributed by atoms with E-state index in [0.29, 0.717) is 11.1 Å². The van der Waals surface area contributed by atoms with Gasteiger partial charge in [0.1, 0.15) is 11.6 Å². The van der Waals surface area contributed by atoms with Crippen LogP contribution in [0.3, 0.4) is 0 Å². The van der Waals surface area contributed by atoms with E-state index in [9.17, 15) is 18.4 Å². The van der Waals surface area contributed by atoms with E-state index in [2.05, 4.69) is 4.74 Å². The molecule has 0 heterocycles. The molecule has 0 fully saturated rings. The number of ketones is 1. The van der Waals surface area contributed by atoms with Crippen LogP contribution < -0.4 is 0 Å². The molecule has 2 aromatic carbocycles. The van der Waals surface area contributed by atoms with Crippen LogP contribution in [-0.4, -0.2) is 18.4 Å². The maximum atomic E-state index is 13.7. The molecule has 0 spiro atoms. The number of carbonyl (C=O) groups is 2. The predicted octanol–water partition coefficient (Wildman–Crippen LogP) is 3.38. The molecule has 0 radical (unpaired) electrons. The van der Waals surface area contributed by atoms with Gasteiger partial charge in [0.25, 0.3) is 5.78 Å². The van der Waals surface area contributed by atoms with E-state index >= 15 is 0 Å². The minimum absolute atomic E-state index is 0.0316. The molecular weight excluding hydrogens is 278 g/mol. The molecule has 0 atom stereocenters. The molecule has 2 rings (SSSR count). The molecule has 0 aliphatic heterocycles. The third-order valence-corrected chi connectivity index (χ3v) is 2.85. The van der Waals surface area contributed by atoms with Crippen molar-refractivity contribution in [1.82, 2.24) is 0 Å². The van der Waals surface area contributed by atoms with E-state index < -0.39 is 23.4 Å². The first-order chi connectivity index (χ1) is 10.0. The summed E-state index contributed by atoms with van der Waals surface area (Å²) in [6.07, 6.45) is 0. The van der Waals surface area contributed by atoms with Crippen LogP contribution in [0.5, 0.6) is 0 Å². The molecule has 0 aliphatic carbocycles. The Balaban J connectivity index is 2.39. The Morgan fingerprint density at radius 3 is 2.24 bits per heavy atom. The smallest absolute Gasteiger partial charge is 0.379 e. The first-order valence-electron chi connectivity index (χ1n) is 6.30. The number of carbonyl (C=O) groups excluding carboxylic acids is 2. The third-order valence-electron chi connectivity index (χ3n) is 2.85. The van der Waals surface area contributed by atoms with Crippen molar-refractivity contribution >= 4 is 11.8 Å². The van der Waals surface area contributed by atoms with Crippen molar-refractivity contribution in [2.75, 3.05) is 6.61 Å². The average Bonchev–Trinajstić information content (AvgIpc) is 2.48. The Morgan fingerprint density at radius 2 is 1.62 bits per heavy atom. The number of hydrogen-bond donors (Lipinski definition) is 0. The van der Waals surface area contributed by atoms with Crippen LogP contribution in [0.1, 0.15) is 17.3 Å². The minimum Gasteiger partial charge on any atom is -0.460 e. The van der Waals surface area contributed by atoms with Crippen LogP contribution in [0.25, 0.3) is 11.1 Å². The van der Waals surface area contributed by atoms with Crippen LogP contribution in [-0.2, 0) is 9.53 Å². The van der Waals surface area contributed by atoms with E-state index in [-0.39, 0.29) is 12.2 Å². The van der Waals surface area contributed by atoms with Crippen molar-refractivity contribution in [2.24, 2.45) is 0 Å². The van der Waals surface area contributed by atoms with Gasteiger partial charge in [-0.1, -0.05) is 18.2 Å². The van der Waals surface area contributed by atoms with Crippen molar-refractivity contribution in [3.63, 3.8) is 0 Å². The zero-order chi connectivity index (χ0) is 15.4. The highest BCUT2D eigenvalue weighted by Crippen LogP contribution is 2.23. The normalized spacial score (nSPS) is 10.2. The Hall–Kier alpha value is -2.56. The van der Waals surface area contributed by atoms with Crippen LogP contribution >= 0.6 is 0 Å². The Kier molecular flexibility index (Phi) is 4.42. The van der Waals surface area contributed by atoms with Gasteiger partial charge in [-0.25, -0.2) is 13.6 Å². The lowest BCUT2D eigenvalue weighted by molar-refractivity contribution is -0.137. The fourth-order valence-electron chi connectivity index (χ4n) is 1.83. The Labute approximate surface area is 120 Å². The molecule has 21 heavy (non-hydrogen) atoms. The number of hydrogen-bond acceptors (Lipinski definition) is 3. The molecule has 5 heteroatoms. The van der Waals surface area contributed by atoms with E-state index in [4.69, 9.17) is 0 Å². The lowest BCUT2D eigenvalue weighted by atomic mass is 10.0. The van der Waals surface area contributed by atoms with Crippen molar-refractivity contribution in [3.8, 4) is 11.1 Å². The van der Waals surface area contributed by atoms with E-state index in [1.165, 1.54) is 36.4 Å². The highest BCUT2D eigenvalue weighted by atomic mass is 19.1. The molecule has 0 aromatic heterocycles. The number of rotatable bonds is 4. The quantitative estimate of drug-likeness (QED) is 0.492. The highest BCUT2D eigenvalue weighted by molar-refractivity contribution is 6.40. The average molecular weight is 290 g/mol. The molecule has 2 aromatic rings. The van der Waals surface area contributed by atoms with Gasteiger partial charge in [-0.05, 0) is 42.3 Å². The van der Waals surface area contributed by atoms with Crippen LogP contribution in [0.4, 0.5) is 8.78 Å². The molecular formula is C16H12F2O3. The summed E-state index contributed by atoms with van der Waals surface area (Å²) in [4.78, 5) is 23.2. The first kappa shape index (κ1) is 14.8. The molecule has 0 saturated heterocycles. The fourth-order valence-corrected chi connectivity index (χ4v) is 1.83. The molecule has 0 amide bonds. The zero-order valence-corrected chi connectivity index (χ0v) is 11.2. The van der Waals surface area contributed by atoms with Crippen LogP contribution in [0.2, 0.25) is 0 Å². The van der Waals surface area contributed by atoms with Crippen LogP contribution in [0, 0.1) is 11.6 Å². The SMILES string of the molecule is CCOC(=O)C(=O)c1cc(-c2ccc(F)cc2)ccc1F. The van der Waals surface area contributed by atoms with Gasteiger partial charge in [0.05, 0.1) is 12.2 Å². The zero-order valence-electron chi connectivity index (χ0n) is 11.2. The van der Waals surface area contributed by atoms with Crippen molar-refractivity contribution in [2.45, 2.75) is 6.92 Å². The van der Waals surface area contributed by atoms with Crippen molar-refractivity contribution in [3.05, 3.63) is 59.7 Å². The van der Waals surface area contributed by atoms with Gasteiger partial charge in [-0.3, -0.25) is 4.79 Å². The lowest BCUT2D eigenvalue weighted by Gasteiger charge is -2.06. The summed E-state index contributed by atoms with van der Waals surface area (Å²) in [5.74, 6) is -3.35. The van der Waals surface area contributed by atoms with Gasteiger partial charge in [-0.15, -0.1) is 0 Å². The van der Waals surface area contributed by atoms with E-state index in [0.717, 1.165) is 6.07 Å². The molecule has 0 saturated carbocycles. The predicted molar refractivity (Wildman–Crippen MR) is 72.8 cm³/mol. The molecule has 3 nitrogen and oxygen atoms in total. The number of halogens is 2. The van der Waals surface area contributed by atoms with Crippen LogP contribution in [0.15, 0.2) is 42.5 Å². The number of esters is 1. The van der Waals surface area contributed by atoms with Gasteiger partial charge in [-0.2, -0.15) is 0 Å². The second-order valence-corrected chi connectivity index (χ2v) is 4.25. The fraction of sp³-hybridized carbons (Fsp3) is 0.125. The second-order valence-electron chi connectivity index (χ2n) is 4.25. The maximum Gasteiger partial charge on any atom is 0.379 e. The molecule has 108 valence electrons. The molecule has 0 unspecified atom stereocenters. The Morgan fingerprint density at radius 1 is 1.00 bits per heavy atom. The van der Waals surface area contributed by atoms with Gasteiger partial charge in [0, 0.05) is 0 Å². The topological polar surface area (TPSA) is 43.4 Å². The number of ether oxygens (including phenoxy) is 1. The number of benzene rings is 2. The second kappa shape index (κ2) is 6.26. The standard InChI is InChI=1S/C16H12F2O3/c1-2-21-16(20)15(19)13-9-11(5-8-14(13)18)10-3-6-12(17)7-4-10/h3-9H,2H2,1H3. The highest BCUT2D eigenvalue weighted by Gasteiger charge is 2.21. The minimum atomic E-state index is -1.10. The van der Waals surface area contributed by atoms with E-state index in [1.807, 2.05) is 0 Å². The summed E-state index contributed by atoms with van der Waals surface area (Å²) in [7, 11) is 0. The molecule has 0 N–H and O–H groups in total. The number of Topliss-reactive ketones (excluding diaryl/α,β-unsaturated/α-hetero) is 1. The molecule has 0 bridgehead atoms. The van der Waals surface area contributed by atoms with Crippen molar-refractivity contribution < 1.29 is 23.1 Å². The summed E-state index contributed by atoms with van der Waals surface area (Å²) in [6.45, 7) is 1.58. The summed E-state index contributed by atoms with van der Waals surface area (Å²) in [5, 5.41) is 0. The Bertz CT molecular complexity index is 678. The maximum absolute atomic E-state index is 13.7. The summed E-state index contributed by atoms with van der Waals surface area (Å²) < 4.78 is 31.2. The summed E-state index contributed by atoms with van der Waals surface area (Å²) >= 11 is 0. The van der Waals surface area contributed by atoms with Crippen molar-refractivity contribution in [1.29, 1.82) is 0 Å². The largest absolute Gasteiger partial charge is 0.460 e. The summed E-state index contributed by atoms with van der Waals surface area (Å²) in [5.41, 5.74) is 0.744. The third kappa shape index (κ3) is 3.31.